The first-order valence-corrected chi connectivity index (χ1v) is 6.02. The number of rotatable bonds is 4. The highest BCUT2D eigenvalue weighted by atomic mass is 16.5. The number of hydrogen-bond acceptors (Lipinski definition) is 6. The molecule has 0 saturated heterocycles. The van der Waals surface area contributed by atoms with Gasteiger partial charge in [-0.3, -0.25) is 10.2 Å². The lowest BCUT2D eigenvalue weighted by atomic mass is 10.1. The van der Waals surface area contributed by atoms with E-state index >= 15 is 0 Å². The van der Waals surface area contributed by atoms with E-state index in [1.54, 1.807) is 0 Å². The summed E-state index contributed by atoms with van der Waals surface area (Å²) >= 11 is 0. The number of ether oxygens (including phenoxy) is 1. The van der Waals surface area contributed by atoms with Crippen LogP contribution in [0.15, 0.2) is 30.3 Å². The Morgan fingerprint density at radius 2 is 2.00 bits per heavy atom. The van der Waals surface area contributed by atoms with Crippen LogP contribution in [0.1, 0.15) is 17.4 Å². The fourth-order valence-electron chi connectivity index (χ4n) is 1.69. The number of nitrogens with two attached hydrogens (primary N) is 2. The number of benzene rings is 1. The lowest BCUT2D eigenvalue weighted by molar-refractivity contribution is 0.0948. The predicted octanol–water partition coefficient (Wildman–Crippen LogP) is 0.728. The van der Waals surface area contributed by atoms with Crippen molar-refractivity contribution in [2.24, 2.45) is 5.84 Å². The van der Waals surface area contributed by atoms with Gasteiger partial charge in [0.05, 0.1) is 12.3 Å². The Morgan fingerprint density at radius 1 is 1.30 bits per heavy atom. The molecule has 0 radical (unpaired) electrons. The van der Waals surface area contributed by atoms with Gasteiger partial charge < -0.3 is 10.5 Å². The van der Waals surface area contributed by atoms with Gasteiger partial charge in [0.2, 0.25) is 5.95 Å². The second-order valence-corrected chi connectivity index (χ2v) is 3.93. The maximum absolute atomic E-state index is 11.5. The number of nitrogens with zero attached hydrogens (tertiary/aromatic N) is 2. The number of nitrogens with one attached hydrogen (secondary N) is 1. The standard InChI is InChI=1S/C13H15N5O2/c1-2-20-9-5-3-8(4-6-9)10-7-11(12(19)18-15)17-13(14)16-10/h3-7H,2,15H2,1H3,(H,18,19)(H2,14,16,17). The Morgan fingerprint density at radius 3 is 2.60 bits per heavy atom. The highest BCUT2D eigenvalue weighted by molar-refractivity contribution is 5.93. The molecule has 0 fully saturated rings. The van der Waals surface area contributed by atoms with Gasteiger partial charge in [-0.2, -0.15) is 0 Å². The molecule has 0 unspecified atom stereocenters. The molecule has 7 nitrogen and oxygen atoms in total. The summed E-state index contributed by atoms with van der Waals surface area (Å²) in [4.78, 5) is 19.4. The molecule has 7 heteroatoms. The molecule has 1 aromatic heterocycles. The van der Waals surface area contributed by atoms with E-state index < -0.39 is 5.91 Å². The quantitative estimate of drug-likeness (QED) is 0.429. The number of hydrogen-bond donors (Lipinski definition) is 3. The van der Waals surface area contributed by atoms with Crippen LogP contribution in [0.5, 0.6) is 5.75 Å². The van der Waals surface area contributed by atoms with E-state index in [2.05, 4.69) is 9.97 Å². The lowest BCUT2D eigenvalue weighted by Gasteiger charge is -2.07. The molecule has 0 saturated carbocycles. The van der Waals surface area contributed by atoms with E-state index in [9.17, 15) is 4.79 Å². The molecule has 0 atom stereocenters. The summed E-state index contributed by atoms with van der Waals surface area (Å²) in [5.41, 5.74) is 9.06. The van der Waals surface area contributed by atoms with Crippen molar-refractivity contribution in [1.29, 1.82) is 0 Å². The zero-order chi connectivity index (χ0) is 14.5. The molecule has 104 valence electrons. The highest BCUT2D eigenvalue weighted by Crippen LogP contribution is 2.22. The first kappa shape index (κ1) is 13.8. The number of nitrogen functional groups attached to an aromatic ring is 2. The van der Waals surface area contributed by atoms with Gasteiger partial charge >= 0.3 is 0 Å². The molecule has 2 rings (SSSR count). The van der Waals surface area contributed by atoms with Crippen LogP contribution in [0, 0.1) is 0 Å². The van der Waals surface area contributed by atoms with Crippen molar-refractivity contribution in [2.45, 2.75) is 6.92 Å². The molecule has 20 heavy (non-hydrogen) atoms. The second-order valence-electron chi connectivity index (χ2n) is 3.93. The molecule has 0 bridgehead atoms. The number of carbonyl (C=O) groups is 1. The van der Waals surface area contributed by atoms with E-state index in [1.165, 1.54) is 6.07 Å². The van der Waals surface area contributed by atoms with Crippen molar-refractivity contribution in [2.75, 3.05) is 12.3 Å². The smallest absolute Gasteiger partial charge is 0.283 e. The van der Waals surface area contributed by atoms with Gasteiger partial charge in [0, 0.05) is 5.56 Å². The van der Waals surface area contributed by atoms with E-state index in [0.717, 1.165) is 11.3 Å². The second kappa shape index (κ2) is 5.98. The largest absolute Gasteiger partial charge is 0.494 e. The van der Waals surface area contributed by atoms with Crippen molar-refractivity contribution in [1.82, 2.24) is 15.4 Å². The van der Waals surface area contributed by atoms with Gasteiger partial charge in [-0.25, -0.2) is 15.8 Å². The van der Waals surface area contributed by atoms with Crippen molar-refractivity contribution >= 4 is 11.9 Å². The van der Waals surface area contributed by atoms with Crippen LogP contribution >= 0.6 is 0 Å². The number of anilines is 1. The van der Waals surface area contributed by atoms with Crippen LogP contribution in [-0.2, 0) is 0 Å². The van der Waals surface area contributed by atoms with Crippen LogP contribution in [0.25, 0.3) is 11.3 Å². The number of hydrazine groups is 1. The maximum atomic E-state index is 11.5. The highest BCUT2D eigenvalue weighted by Gasteiger charge is 2.10. The van der Waals surface area contributed by atoms with E-state index in [0.29, 0.717) is 12.3 Å². The summed E-state index contributed by atoms with van der Waals surface area (Å²) in [6.07, 6.45) is 0. The lowest BCUT2D eigenvalue weighted by Crippen LogP contribution is -2.31. The monoisotopic (exact) mass is 273 g/mol. The Balaban J connectivity index is 2.36. The third-order valence-corrected chi connectivity index (χ3v) is 2.57. The van der Waals surface area contributed by atoms with Gasteiger partial charge in [0.15, 0.2) is 0 Å². The molecule has 1 heterocycles. The molecule has 5 N–H and O–H groups in total. The molecule has 0 aliphatic heterocycles. The summed E-state index contributed by atoms with van der Waals surface area (Å²) in [6.45, 7) is 2.51. The van der Waals surface area contributed by atoms with Gasteiger partial charge in [-0.05, 0) is 37.3 Å². The van der Waals surface area contributed by atoms with Crippen LogP contribution in [0.3, 0.4) is 0 Å². The van der Waals surface area contributed by atoms with Crippen LogP contribution in [0.2, 0.25) is 0 Å². The van der Waals surface area contributed by atoms with Crippen molar-refractivity contribution in [3.63, 3.8) is 0 Å². The zero-order valence-electron chi connectivity index (χ0n) is 11.0. The number of carbonyl (C=O) groups excluding carboxylic acids is 1. The molecule has 1 amide bonds. The Labute approximate surface area is 115 Å². The first-order valence-electron chi connectivity index (χ1n) is 6.02. The third-order valence-electron chi connectivity index (χ3n) is 2.57. The average Bonchev–Trinajstić information content (AvgIpc) is 2.47. The third kappa shape index (κ3) is 3.01. The Kier molecular flexibility index (Phi) is 4.11. The summed E-state index contributed by atoms with van der Waals surface area (Å²) in [5.74, 6) is 5.33. The topological polar surface area (TPSA) is 116 Å². The van der Waals surface area contributed by atoms with E-state index in [-0.39, 0.29) is 11.6 Å². The van der Waals surface area contributed by atoms with Crippen LogP contribution in [-0.4, -0.2) is 22.5 Å². The van der Waals surface area contributed by atoms with Gasteiger partial charge in [0.25, 0.3) is 5.91 Å². The van der Waals surface area contributed by atoms with Gasteiger partial charge in [-0.15, -0.1) is 0 Å². The molecular formula is C13H15N5O2. The van der Waals surface area contributed by atoms with E-state index in [1.807, 2.05) is 36.6 Å². The number of aromatic nitrogens is 2. The van der Waals surface area contributed by atoms with Gasteiger partial charge in [-0.1, -0.05) is 0 Å². The molecule has 1 aromatic carbocycles. The predicted molar refractivity (Wildman–Crippen MR) is 74.7 cm³/mol. The first-order chi connectivity index (χ1) is 9.63. The maximum Gasteiger partial charge on any atom is 0.283 e. The van der Waals surface area contributed by atoms with Crippen molar-refractivity contribution < 1.29 is 9.53 Å². The molecule has 0 aliphatic carbocycles. The normalized spacial score (nSPS) is 10.1. The zero-order valence-corrected chi connectivity index (χ0v) is 11.0. The summed E-state index contributed by atoms with van der Waals surface area (Å²) in [5, 5.41) is 0. The fourth-order valence-corrected chi connectivity index (χ4v) is 1.69. The summed E-state index contributed by atoms with van der Waals surface area (Å²) in [7, 11) is 0. The summed E-state index contributed by atoms with van der Waals surface area (Å²) < 4.78 is 5.36. The number of amides is 1. The van der Waals surface area contributed by atoms with Crippen molar-refractivity contribution in [3.05, 3.63) is 36.0 Å². The molecular weight excluding hydrogens is 258 g/mol. The fraction of sp³-hybridized carbons (Fsp3) is 0.154. The minimum Gasteiger partial charge on any atom is -0.494 e. The van der Waals surface area contributed by atoms with Gasteiger partial charge in [0.1, 0.15) is 11.4 Å². The van der Waals surface area contributed by atoms with Crippen LogP contribution < -0.4 is 21.7 Å². The SMILES string of the molecule is CCOc1ccc(-c2cc(C(=O)NN)nc(N)n2)cc1. The van der Waals surface area contributed by atoms with Crippen LogP contribution in [0.4, 0.5) is 5.95 Å². The Bertz CT molecular complexity index is 613. The van der Waals surface area contributed by atoms with E-state index in [4.69, 9.17) is 16.3 Å². The average molecular weight is 273 g/mol. The summed E-state index contributed by atoms with van der Waals surface area (Å²) in [6, 6.07) is 8.82. The minimum atomic E-state index is -0.522. The molecule has 0 spiro atoms. The minimum absolute atomic E-state index is 0.00925. The molecule has 0 aliphatic rings. The molecule has 2 aromatic rings. The Hall–Kier alpha value is -2.67. The van der Waals surface area contributed by atoms with Crippen molar-refractivity contribution in [3.8, 4) is 17.0 Å².